The third-order valence-corrected chi connectivity index (χ3v) is 2.62. The zero-order chi connectivity index (χ0) is 14.5. The molecule has 6 heteroatoms. The van der Waals surface area contributed by atoms with Crippen molar-refractivity contribution in [2.75, 3.05) is 11.1 Å². The fraction of sp³-hybridized carbons (Fsp3) is 0.0714. The van der Waals surface area contributed by atoms with Crippen LogP contribution in [0.5, 0.6) is 0 Å². The number of anilines is 2. The van der Waals surface area contributed by atoms with Gasteiger partial charge in [0.05, 0.1) is 5.69 Å². The lowest BCUT2D eigenvalue weighted by Gasteiger charge is -2.10. The van der Waals surface area contributed by atoms with Crippen molar-refractivity contribution in [1.82, 2.24) is 5.32 Å². The van der Waals surface area contributed by atoms with Gasteiger partial charge in [-0.2, -0.15) is 0 Å². The lowest BCUT2D eigenvalue weighted by atomic mass is 10.2. The molecule has 2 amide bonds. The van der Waals surface area contributed by atoms with Crippen molar-refractivity contribution in [3.05, 3.63) is 59.7 Å². The standard InChI is InChI=1S/C14H13F2N3O/c15-10-6-11(16)13(12(17)7-10)19-14(20)18-8-9-4-2-1-3-5-9/h1-7H,8,17H2,(H2,18,19,20). The number of urea groups is 1. The molecule has 4 nitrogen and oxygen atoms in total. The van der Waals surface area contributed by atoms with Crippen molar-refractivity contribution in [2.45, 2.75) is 6.54 Å². The van der Waals surface area contributed by atoms with Crippen molar-refractivity contribution in [2.24, 2.45) is 0 Å². The van der Waals surface area contributed by atoms with Gasteiger partial charge in [-0.1, -0.05) is 30.3 Å². The van der Waals surface area contributed by atoms with E-state index in [1.165, 1.54) is 0 Å². The number of benzene rings is 2. The lowest BCUT2D eigenvalue weighted by Crippen LogP contribution is -2.29. The first-order chi connectivity index (χ1) is 9.56. The second-order valence-corrected chi connectivity index (χ2v) is 4.15. The van der Waals surface area contributed by atoms with Crippen molar-refractivity contribution in [1.29, 1.82) is 0 Å². The van der Waals surface area contributed by atoms with E-state index in [4.69, 9.17) is 5.73 Å². The zero-order valence-electron chi connectivity index (χ0n) is 10.5. The average Bonchev–Trinajstić information content (AvgIpc) is 2.42. The fourth-order valence-electron chi connectivity index (χ4n) is 1.66. The highest BCUT2D eigenvalue weighted by molar-refractivity contribution is 5.92. The predicted molar refractivity (Wildman–Crippen MR) is 73.1 cm³/mol. The quantitative estimate of drug-likeness (QED) is 0.755. The maximum atomic E-state index is 13.5. The van der Waals surface area contributed by atoms with Crippen molar-refractivity contribution in [3.8, 4) is 0 Å². The van der Waals surface area contributed by atoms with Crippen molar-refractivity contribution < 1.29 is 13.6 Å². The minimum Gasteiger partial charge on any atom is -0.397 e. The molecule has 0 unspecified atom stereocenters. The largest absolute Gasteiger partial charge is 0.397 e. The van der Waals surface area contributed by atoms with Gasteiger partial charge in [-0.25, -0.2) is 13.6 Å². The number of hydrogen-bond donors (Lipinski definition) is 3. The van der Waals surface area contributed by atoms with Gasteiger partial charge in [0.1, 0.15) is 11.5 Å². The lowest BCUT2D eigenvalue weighted by molar-refractivity contribution is 0.251. The van der Waals surface area contributed by atoms with E-state index in [0.29, 0.717) is 6.07 Å². The van der Waals surface area contributed by atoms with Gasteiger partial charge in [0.2, 0.25) is 0 Å². The molecule has 0 atom stereocenters. The van der Waals surface area contributed by atoms with Crippen LogP contribution in [-0.2, 0) is 6.54 Å². The molecule has 0 spiro atoms. The Morgan fingerprint density at radius 2 is 1.85 bits per heavy atom. The van der Waals surface area contributed by atoms with Gasteiger partial charge in [-0.05, 0) is 11.6 Å². The van der Waals surface area contributed by atoms with Gasteiger partial charge in [0, 0.05) is 12.6 Å². The molecular weight excluding hydrogens is 264 g/mol. The highest BCUT2D eigenvalue weighted by atomic mass is 19.1. The number of halogens is 2. The van der Waals surface area contributed by atoms with Crippen LogP contribution in [0.25, 0.3) is 0 Å². The zero-order valence-corrected chi connectivity index (χ0v) is 10.5. The van der Waals surface area contributed by atoms with Gasteiger partial charge in [-0.15, -0.1) is 0 Å². The molecule has 0 fully saturated rings. The molecule has 0 saturated heterocycles. The highest BCUT2D eigenvalue weighted by Gasteiger charge is 2.12. The van der Waals surface area contributed by atoms with Gasteiger partial charge in [0.25, 0.3) is 0 Å². The molecule has 2 aromatic carbocycles. The first-order valence-corrected chi connectivity index (χ1v) is 5.89. The Morgan fingerprint density at radius 1 is 1.15 bits per heavy atom. The molecule has 0 bridgehead atoms. The van der Waals surface area contributed by atoms with Crippen LogP contribution < -0.4 is 16.4 Å². The van der Waals surface area contributed by atoms with E-state index in [-0.39, 0.29) is 17.9 Å². The molecule has 0 radical (unpaired) electrons. The summed E-state index contributed by atoms with van der Waals surface area (Å²) in [6.45, 7) is 0.287. The topological polar surface area (TPSA) is 67.1 Å². The summed E-state index contributed by atoms with van der Waals surface area (Å²) in [5.74, 6) is -1.72. The SMILES string of the molecule is Nc1cc(F)cc(F)c1NC(=O)NCc1ccccc1. The summed E-state index contributed by atoms with van der Waals surface area (Å²) in [6.07, 6.45) is 0. The Hall–Kier alpha value is -2.63. The van der Waals surface area contributed by atoms with Crippen LogP contribution in [-0.4, -0.2) is 6.03 Å². The molecule has 104 valence electrons. The first-order valence-electron chi connectivity index (χ1n) is 5.89. The maximum Gasteiger partial charge on any atom is 0.319 e. The van der Waals surface area contributed by atoms with E-state index < -0.39 is 17.7 Å². The summed E-state index contributed by atoms with van der Waals surface area (Å²) < 4.78 is 26.3. The summed E-state index contributed by atoms with van der Waals surface area (Å²) >= 11 is 0. The molecule has 20 heavy (non-hydrogen) atoms. The predicted octanol–water partition coefficient (Wildman–Crippen LogP) is 2.87. The number of nitrogen functional groups attached to an aromatic ring is 1. The Kier molecular flexibility index (Phi) is 4.14. The second kappa shape index (κ2) is 6.01. The fourth-order valence-corrected chi connectivity index (χ4v) is 1.66. The summed E-state index contributed by atoms with van der Waals surface area (Å²) in [6, 6.07) is 10.2. The molecule has 0 aliphatic heterocycles. The maximum absolute atomic E-state index is 13.5. The summed E-state index contributed by atoms with van der Waals surface area (Å²) in [5, 5.41) is 4.81. The van der Waals surface area contributed by atoms with Gasteiger partial charge < -0.3 is 16.4 Å². The monoisotopic (exact) mass is 277 g/mol. The number of amides is 2. The minimum atomic E-state index is -0.919. The van der Waals surface area contributed by atoms with Crippen LogP contribution in [0.15, 0.2) is 42.5 Å². The summed E-state index contributed by atoms with van der Waals surface area (Å²) in [5.41, 5.74) is 5.95. The van der Waals surface area contributed by atoms with E-state index >= 15 is 0 Å². The molecule has 2 aromatic rings. The molecule has 4 N–H and O–H groups in total. The molecule has 0 aromatic heterocycles. The Labute approximate surface area is 114 Å². The Balaban J connectivity index is 1.98. The van der Waals surface area contributed by atoms with Gasteiger partial charge in [0.15, 0.2) is 5.82 Å². The van der Waals surface area contributed by atoms with Crippen LogP contribution in [0.3, 0.4) is 0 Å². The number of nitrogens with one attached hydrogen (secondary N) is 2. The normalized spacial score (nSPS) is 10.1. The third-order valence-electron chi connectivity index (χ3n) is 2.62. The number of rotatable bonds is 3. The second-order valence-electron chi connectivity index (χ2n) is 4.15. The number of nitrogens with two attached hydrogens (primary N) is 1. The van der Waals surface area contributed by atoms with Crippen molar-refractivity contribution >= 4 is 17.4 Å². The van der Waals surface area contributed by atoms with Gasteiger partial charge in [-0.3, -0.25) is 0 Å². The van der Waals surface area contributed by atoms with Crippen molar-refractivity contribution in [3.63, 3.8) is 0 Å². The van der Waals surface area contributed by atoms with Crippen LogP contribution in [0.2, 0.25) is 0 Å². The smallest absolute Gasteiger partial charge is 0.319 e. The molecule has 0 aliphatic carbocycles. The van der Waals surface area contributed by atoms with E-state index in [0.717, 1.165) is 11.6 Å². The Morgan fingerprint density at radius 3 is 2.50 bits per heavy atom. The minimum absolute atomic E-state index is 0.169. The number of carbonyl (C=O) groups excluding carboxylic acids is 1. The summed E-state index contributed by atoms with van der Waals surface area (Å²) in [7, 11) is 0. The number of carbonyl (C=O) groups is 1. The van der Waals surface area contributed by atoms with E-state index in [9.17, 15) is 13.6 Å². The first kappa shape index (κ1) is 13.8. The third kappa shape index (κ3) is 3.44. The number of hydrogen-bond acceptors (Lipinski definition) is 2. The summed E-state index contributed by atoms with van der Waals surface area (Å²) in [4.78, 5) is 11.6. The molecule has 0 saturated carbocycles. The molecular formula is C14H13F2N3O. The van der Waals surface area contributed by atoms with E-state index in [1.807, 2.05) is 30.3 Å². The molecule has 0 aliphatic rings. The van der Waals surface area contributed by atoms with E-state index in [1.54, 1.807) is 0 Å². The molecule has 2 rings (SSSR count). The van der Waals surface area contributed by atoms with Gasteiger partial charge >= 0.3 is 6.03 Å². The van der Waals surface area contributed by atoms with Crippen LogP contribution in [0.4, 0.5) is 25.0 Å². The van der Waals surface area contributed by atoms with Crippen LogP contribution in [0, 0.1) is 11.6 Å². The molecule has 0 heterocycles. The van der Waals surface area contributed by atoms with Crippen LogP contribution >= 0.6 is 0 Å². The van der Waals surface area contributed by atoms with E-state index in [2.05, 4.69) is 10.6 Å². The Bertz CT molecular complexity index is 594. The average molecular weight is 277 g/mol. The highest BCUT2D eigenvalue weighted by Crippen LogP contribution is 2.23. The van der Waals surface area contributed by atoms with Crippen LogP contribution in [0.1, 0.15) is 5.56 Å².